The van der Waals surface area contributed by atoms with Crippen LogP contribution < -0.4 is 10.6 Å². The Balaban J connectivity index is 3.15. The summed E-state index contributed by atoms with van der Waals surface area (Å²) < 4.78 is 5.34. The van der Waals surface area contributed by atoms with E-state index in [1.807, 2.05) is 38.1 Å². The zero-order valence-corrected chi connectivity index (χ0v) is 21.7. The molecule has 1 aromatic carbocycles. The van der Waals surface area contributed by atoms with E-state index in [1.165, 1.54) is 4.90 Å². The number of rotatable bonds is 11. The average Bonchev–Trinajstić information content (AvgIpc) is 2.73. The molecule has 7 nitrogen and oxygen atoms in total. The van der Waals surface area contributed by atoms with Crippen molar-refractivity contribution in [3.8, 4) is 0 Å². The quantitative estimate of drug-likeness (QED) is 0.471. The highest BCUT2D eigenvalue weighted by molar-refractivity contribution is 5.92. The molecule has 3 amide bonds. The number of aryl methyl sites for hydroxylation is 1. The minimum atomic E-state index is -0.824. The third kappa shape index (κ3) is 9.44. The topological polar surface area (TPSA) is 87.7 Å². The molecule has 1 aromatic rings. The second kappa shape index (κ2) is 13.2. The van der Waals surface area contributed by atoms with Gasteiger partial charge in [0, 0.05) is 13.6 Å². The predicted octanol–water partition coefficient (Wildman–Crippen LogP) is 4.60. The Kier molecular flexibility index (Phi) is 11.4. The Hall–Kier alpha value is -2.57. The summed E-state index contributed by atoms with van der Waals surface area (Å²) >= 11 is 0. The maximum atomic E-state index is 13.5. The van der Waals surface area contributed by atoms with Crippen LogP contribution in [0.4, 0.5) is 4.79 Å². The van der Waals surface area contributed by atoms with Crippen LogP contribution in [0.25, 0.3) is 0 Å². The Morgan fingerprint density at radius 3 is 2.12 bits per heavy atom. The SMILES string of the molecule is CCCCCNC(=O)C(c1ccc(CC)cc1)N(C)C(=O)C(NC(=O)OC(C)(C)C)C(C)C. The van der Waals surface area contributed by atoms with E-state index in [1.54, 1.807) is 27.8 Å². The van der Waals surface area contributed by atoms with Crippen LogP contribution in [0.5, 0.6) is 0 Å². The molecule has 2 atom stereocenters. The molecule has 33 heavy (non-hydrogen) atoms. The largest absolute Gasteiger partial charge is 0.444 e. The van der Waals surface area contributed by atoms with E-state index in [0.29, 0.717) is 6.54 Å². The van der Waals surface area contributed by atoms with E-state index in [2.05, 4.69) is 24.5 Å². The molecule has 0 saturated heterocycles. The molecule has 0 spiro atoms. The number of hydrogen-bond acceptors (Lipinski definition) is 4. The van der Waals surface area contributed by atoms with Crippen LogP contribution in [-0.2, 0) is 20.7 Å². The molecule has 2 unspecified atom stereocenters. The van der Waals surface area contributed by atoms with Crippen molar-refractivity contribution in [3.05, 3.63) is 35.4 Å². The third-order valence-electron chi connectivity index (χ3n) is 5.37. The molecule has 2 N–H and O–H groups in total. The first-order valence-electron chi connectivity index (χ1n) is 12.0. The van der Waals surface area contributed by atoms with Gasteiger partial charge in [0.15, 0.2) is 0 Å². The number of alkyl carbamates (subject to hydrolysis) is 1. The highest BCUT2D eigenvalue weighted by Crippen LogP contribution is 2.23. The van der Waals surface area contributed by atoms with Gasteiger partial charge in [-0.3, -0.25) is 9.59 Å². The monoisotopic (exact) mass is 461 g/mol. The highest BCUT2D eigenvalue weighted by Gasteiger charge is 2.35. The van der Waals surface area contributed by atoms with Gasteiger partial charge in [-0.2, -0.15) is 0 Å². The van der Waals surface area contributed by atoms with Gasteiger partial charge in [0.25, 0.3) is 0 Å². The summed E-state index contributed by atoms with van der Waals surface area (Å²) in [5.41, 5.74) is 1.21. The minimum Gasteiger partial charge on any atom is -0.444 e. The molecule has 0 heterocycles. The summed E-state index contributed by atoms with van der Waals surface area (Å²) in [6.45, 7) is 13.7. The second-order valence-electron chi connectivity index (χ2n) is 9.81. The van der Waals surface area contributed by atoms with Crippen molar-refractivity contribution in [2.75, 3.05) is 13.6 Å². The smallest absolute Gasteiger partial charge is 0.408 e. The lowest BCUT2D eigenvalue weighted by Gasteiger charge is -2.33. The first-order chi connectivity index (χ1) is 15.4. The lowest BCUT2D eigenvalue weighted by Crippen LogP contribution is -2.53. The van der Waals surface area contributed by atoms with Crippen LogP contribution >= 0.6 is 0 Å². The summed E-state index contributed by atoms with van der Waals surface area (Å²) in [7, 11) is 1.61. The maximum absolute atomic E-state index is 13.5. The van der Waals surface area contributed by atoms with Crippen LogP contribution in [0.3, 0.4) is 0 Å². The lowest BCUT2D eigenvalue weighted by molar-refractivity contribution is -0.141. The first-order valence-corrected chi connectivity index (χ1v) is 12.0. The van der Waals surface area contributed by atoms with Gasteiger partial charge in [-0.25, -0.2) is 4.79 Å². The maximum Gasteiger partial charge on any atom is 0.408 e. The summed E-state index contributed by atoms with van der Waals surface area (Å²) in [4.78, 5) is 40.5. The number of ether oxygens (including phenoxy) is 1. The van der Waals surface area contributed by atoms with Crippen molar-refractivity contribution in [3.63, 3.8) is 0 Å². The molecule has 7 heteroatoms. The molecule has 186 valence electrons. The molecule has 0 aliphatic heterocycles. The van der Waals surface area contributed by atoms with E-state index in [4.69, 9.17) is 4.74 Å². The Morgan fingerprint density at radius 2 is 1.64 bits per heavy atom. The number of nitrogens with one attached hydrogen (secondary N) is 2. The van der Waals surface area contributed by atoms with Crippen molar-refractivity contribution in [1.82, 2.24) is 15.5 Å². The number of carbonyl (C=O) groups excluding carboxylic acids is 3. The third-order valence-corrected chi connectivity index (χ3v) is 5.37. The number of hydrogen-bond donors (Lipinski definition) is 2. The fraction of sp³-hybridized carbons (Fsp3) is 0.654. The van der Waals surface area contributed by atoms with Gasteiger partial charge in [0.2, 0.25) is 11.8 Å². The van der Waals surface area contributed by atoms with Gasteiger partial charge in [0.1, 0.15) is 17.7 Å². The van der Waals surface area contributed by atoms with Gasteiger partial charge in [-0.1, -0.05) is 64.8 Å². The summed E-state index contributed by atoms with van der Waals surface area (Å²) in [5, 5.41) is 5.67. The molecular formula is C26H43N3O4. The summed E-state index contributed by atoms with van der Waals surface area (Å²) in [5.74, 6) is -0.765. The van der Waals surface area contributed by atoms with Crippen molar-refractivity contribution >= 4 is 17.9 Å². The number of unbranched alkanes of at least 4 members (excludes halogenated alkanes) is 2. The average molecular weight is 462 g/mol. The van der Waals surface area contributed by atoms with Gasteiger partial charge < -0.3 is 20.3 Å². The molecule has 0 aromatic heterocycles. The molecule has 0 bridgehead atoms. The molecule has 0 fully saturated rings. The fourth-order valence-corrected chi connectivity index (χ4v) is 3.46. The molecule has 1 rings (SSSR count). The van der Waals surface area contributed by atoms with E-state index >= 15 is 0 Å². The van der Waals surface area contributed by atoms with Crippen molar-refractivity contribution in [1.29, 1.82) is 0 Å². The Bertz CT molecular complexity index is 769. The lowest BCUT2D eigenvalue weighted by atomic mass is 9.98. The molecule has 0 saturated carbocycles. The second-order valence-corrected chi connectivity index (χ2v) is 9.81. The number of benzene rings is 1. The Morgan fingerprint density at radius 1 is 1.03 bits per heavy atom. The summed E-state index contributed by atoms with van der Waals surface area (Å²) in [6.07, 6.45) is 3.20. The Labute approximate surface area is 199 Å². The zero-order valence-electron chi connectivity index (χ0n) is 21.7. The minimum absolute atomic E-state index is 0.191. The van der Waals surface area contributed by atoms with Gasteiger partial charge in [-0.15, -0.1) is 0 Å². The molecular weight excluding hydrogens is 418 g/mol. The molecule has 0 radical (unpaired) electrons. The summed E-state index contributed by atoms with van der Waals surface area (Å²) in [6, 6.07) is 6.12. The number of amides is 3. The van der Waals surface area contributed by atoms with Gasteiger partial charge in [0.05, 0.1) is 0 Å². The number of likely N-dealkylation sites (N-methyl/N-ethyl adjacent to an activating group) is 1. The standard InChI is InChI=1S/C26H43N3O4/c1-9-11-12-17-27-23(30)22(20-15-13-19(10-2)14-16-20)29(8)24(31)21(18(3)4)28-25(32)33-26(5,6)7/h13-16,18,21-22H,9-12,17H2,1-8H3,(H,27,30)(H,28,32). The van der Waals surface area contributed by atoms with Crippen LogP contribution in [0.1, 0.15) is 84.9 Å². The predicted molar refractivity (Wildman–Crippen MR) is 132 cm³/mol. The van der Waals surface area contributed by atoms with E-state index in [-0.39, 0.29) is 17.7 Å². The molecule has 0 aliphatic carbocycles. The van der Waals surface area contributed by atoms with E-state index < -0.39 is 23.8 Å². The zero-order chi connectivity index (χ0) is 25.2. The van der Waals surface area contributed by atoms with E-state index in [0.717, 1.165) is 36.8 Å². The van der Waals surface area contributed by atoms with Crippen molar-refractivity contribution in [2.45, 2.75) is 91.8 Å². The van der Waals surface area contributed by atoms with Crippen molar-refractivity contribution < 1.29 is 19.1 Å². The highest BCUT2D eigenvalue weighted by atomic mass is 16.6. The normalized spacial score (nSPS) is 13.2. The van der Waals surface area contributed by atoms with Gasteiger partial charge >= 0.3 is 6.09 Å². The first kappa shape index (κ1) is 28.5. The van der Waals surface area contributed by atoms with Gasteiger partial charge in [-0.05, 0) is 50.7 Å². The number of carbonyl (C=O) groups is 3. The van der Waals surface area contributed by atoms with Crippen LogP contribution in [0.2, 0.25) is 0 Å². The van der Waals surface area contributed by atoms with Crippen molar-refractivity contribution in [2.24, 2.45) is 5.92 Å². The fourth-order valence-electron chi connectivity index (χ4n) is 3.46. The number of nitrogens with zero attached hydrogens (tertiary/aromatic N) is 1. The van der Waals surface area contributed by atoms with Crippen LogP contribution in [0, 0.1) is 5.92 Å². The molecule has 0 aliphatic rings. The van der Waals surface area contributed by atoms with E-state index in [9.17, 15) is 14.4 Å². The van der Waals surface area contributed by atoms with Crippen LogP contribution in [0.15, 0.2) is 24.3 Å². The van der Waals surface area contributed by atoms with Crippen LogP contribution in [-0.4, -0.2) is 48.0 Å².